The number of carboxylic acid groups (broad SMARTS) is 1. The molecule has 2 heterocycles. The molecule has 1 fully saturated rings. The maximum Gasteiger partial charge on any atom is 0.335 e. The van der Waals surface area contributed by atoms with Crippen molar-refractivity contribution in [2.45, 2.75) is 20.4 Å². The molecule has 1 saturated heterocycles. The number of hydrogen-bond acceptors (Lipinski definition) is 5. The van der Waals surface area contributed by atoms with Crippen LogP contribution < -0.4 is 0 Å². The Morgan fingerprint density at radius 3 is 2.58 bits per heavy atom. The molecule has 0 aliphatic carbocycles. The first-order valence-electron chi connectivity index (χ1n) is 9.57. The first-order valence-corrected chi connectivity index (χ1v) is 10.4. The fourth-order valence-corrected chi connectivity index (χ4v) is 4.14. The SMILES string of the molecule is Cc1ccccc1CN1C(=O)S/C(=C\c2ccc(-c3cc(C(=O)O)ccc3C)o2)C1=O. The summed E-state index contributed by atoms with van der Waals surface area (Å²) in [4.78, 5) is 38.0. The predicted molar refractivity (Wildman–Crippen MR) is 119 cm³/mol. The van der Waals surface area contributed by atoms with Gasteiger partial charge in [0, 0.05) is 11.6 Å². The number of aryl methyl sites for hydroxylation is 2. The second-order valence-electron chi connectivity index (χ2n) is 7.23. The molecule has 0 unspecified atom stereocenters. The monoisotopic (exact) mass is 433 g/mol. The Bertz CT molecular complexity index is 1240. The average Bonchev–Trinajstić information content (AvgIpc) is 3.30. The van der Waals surface area contributed by atoms with E-state index in [0.717, 1.165) is 28.5 Å². The van der Waals surface area contributed by atoms with E-state index in [-0.39, 0.29) is 28.2 Å². The quantitative estimate of drug-likeness (QED) is 0.535. The smallest absolute Gasteiger partial charge is 0.335 e. The number of aromatic carboxylic acids is 1. The topological polar surface area (TPSA) is 87.8 Å². The maximum atomic E-state index is 12.8. The van der Waals surface area contributed by atoms with Crippen LogP contribution in [0.2, 0.25) is 0 Å². The van der Waals surface area contributed by atoms with Gasteiger partial charge in [-0.15, -0.1) is 0 Å². The van der Waals surface area contributed by atoms with Crippen LogP contribution in [-0.2, 0) is 11.3 Å². The van der Waals surface area contributed by atoms with Crippen molar-refractivity contribution < 1.29 is 23.9 Å². The Hall–Kier alpha value is -3.58. The van der Waals surface area contributed by atoms with Gasteiger partial charge in [-0.05, 0) is 66.6 Å². The summed E-state index contributed by atoms with van der Waals surface area (Å²) < 4.78 is 5.84. The highest BCUT2D eigenvalue weighted by molar-refractivity contribution is 8.18. The van der Waals surface area contributed by atoms with Crippen LogP contribution >= 0.6 is 11.8 Å². The van der Waals surface area contributed by atoms with Gasteiger partial charge >= 0.3 is 5.97 Å². The Kier molecular flexibility index (Phi) is 5.52. The number of amides is 2. The van der Waals surface area contributed by atoms with Crippen LogP contribution in [0.1, 0.15) is 32.8 Å². The molecule has 1 aliphatic rings. The zero-order valence-corrected chi connectivity index (χ0v) is 17.7. The van der Waals surface area contributed by atoms with Crippen molar-refractivity contribution in [3.05, 3.63) is 87.5 Å². The molecular formula is C24H19NO5S. The van der Waals surface area contributed by atoms with E-state index in [0.29, 0.717) is 17.1 Å². The Morgan fingerprint density at radius 2 is 1.84 bits per heavy atom. The molecule has 0 atom stereocenters. The van der Waals surface area contributed by atoms with E-state index >= 15 is 0 Å². The molecule has 0 bridgehead atoms. The zero-order valence-electron chi connectivity index (χ0n) is 16.9. The highest BCUT2D eigenvalue weighted by atomic mass is 32.2. The normalized spacial score (nSPS) is 15.2. The molecule has 0 spiro atoms. The number of carboxylic acids is 1. The number of benzene rings is 2. The second kappa shape index (κ2) is 8.28. The molecule has 1 aromatic heterocycles. The number of nitrogens with zero attached hydrogens (tertiary/aromatic N) is 1. The maximum absolute atomic E-state index is 12.8. The van der Waals surface area contributed by atoms with E-state index in [9.17, 15) is 19.5 Å². The molecule has 1 aliphatic heterocycles. The Labute approximate surface area is 183 Å². The number of furan rings is 1. The van der Waals surface area contributed by atoms with Crippen LogP contribution in [0.25, 0.3) is 17.4 Å². The van der Waals surface area contributed by atoms with Gasteiger partial charge in [0.15, 0.2) is 0 Å². The number of imide groups is 1. The molecule has 2 aromatic carbocycles. The average molecular weight is 433 g/mol. The number of carbonyl (C=O) groups excluding carboxylic acids is 2. The summed E-state index contributed by atoms with van der Waals surface area (Å²) in [5, 5.41) is 8.90. The van der Waals surface area contributed by atoms with Crippen molar-refractivity contribution in [3.63, 3.8) is 0 Å². The van der Waals surface area contributed by atoms with Crippen LogP contribution in [0.15, 0.2) is 63.9 Å². The summed E-state index contributed by atoms with van der Waals surface area (Å²) in [7, 11) is 0. The lowest BCUT2D eigenvalue weighted by atomic mass is 10.0. The second-order valence-corrected chi connectivity index (χ2v) is 8.22. The minimum Gasteiger partial charge on any atom is -0.478 e. The van der Waals surface area contributed by atoms with Crippen LogP contribution in [0.4, 0.5) is 4.79 Å². The van der Waals surface area contributed by atoms with Gasteiger partial charge in [-0.25, -0.2) is 4.79 Å². The summed E-state index contributed by atoms with van der Waals surface area (Å²) in [5.74, 6) is -0.474. The van der Waals surface area contributed by atoms with E-state index in [1.54, 1.807) is 30.3 Å². The van der Waals surface area contributed by atoms with E-state index < -0.39 is 5.97 Å². The van der Waals surface area contributed by atoms with Crippen molar-refractivity contribution in [3.8, 4) is 11.3 Å². The number of carbonyl (C=O) groups is 3. The molecule has 0 radical (unpaired) electrons. The van der Waals surface area contributed by atoms with Crippen LogP contribution in [0, 0.1) is 13.8 Å². The highest BCUT2D eigenvalue weighted by Gasteiger charge is 2.35. The minimum atomic E-state index is -1.02. The van der Waals surface area contributed by atoms with Gasteiger partial charge in [-0.3, -0.25) is 14.5 Å². The largest absolute Gasteiger partial charge is 0.478 e. The summed E-state index contributed by atoms with van der Waals surface area (Å²) in [6.45, 7) is 4.02. The predicted octanol–water partition coefficient (Wildman–Crippen LogP) is 5.50. The fourth-order valence-electron chi connectivity index (χ4n) is 3.32. The minimum absolute atomic E-state index is 0.163. The van der Waals surface area contributed by atoms with Gasteiger partial charge in [0.25, 0.3) is 11.1 Å². The van der Waals surface area contributed by atoms with Gasteiger partial charge in [-0.2, -0.15) is 0 Å². The van der Waals surface area contributed by atoms with E-state index in [1.165, 1.54) is 11.0 Å². The lowest BCUT2D eigenvalue weighted by molar-refractivity contribution is -0.123. The van der Waals surface area contributed by atoms with Gasteiger partial charge in [0.2, 0.25) is 0 Å². The van der Waals surface area contributed by atoms with E-state index in [1.807, 2.05) is 38.1 Å². The van der Waals surface area contributed by atoms with Crippen molar-refractivity contribution in [1.82, 2.24) is 4.90 Å². The molecular weight excluding hydrogens is 414 g/mol. The molecule has 3 aromatic rings. The first-order chi connectivity index (χ1) is 14.8. The summed E-state index contributed by atoms with van der Waals surface area (Å²) >= 11 is 0.877. The van der Waals surface area contributed by atoms with Crippen molar-refractivity contribution >= 4 is 35.0 Å². The van der Waals surface area contributed by atoms with Gasteiger partial charge in [0.05, 0.1) is 17.0 Å². The highest BCUT2D eigenvalue weighted by Crippen LogP contribution is 2.35. The third kappa shape index (κ3) is 4.18. The summed E-state index contributed by atoms with van der Waals surface area (Å²) in [6.07, 6.45) is 1.54. The van der Waals surface area contributed by atoms with Crippen LogP contribution in [0.5, 0.6) is 0 Å². The lowest BCUT2D eigenvalue weighted by Gasteiger charge is -2.14. The fraction of sp³-hybridized carbons (Fsp3) is 0.125. The standard InChI is InChI=1S/C24H19NO5S/c1-14-5-3-4-6-17(14)13-25-22(26)21(31-24(25)29)12-18-9-10-20(30-18)19-11-16(23(27)28)8-7-15(19)2/h3-12H,13H2,1-2H3,(H,27,28)/b21-12-. The molecule has 31 heavy (non-hydrogen) atoms. The Morgan fingerprint density at radius 1 is 1.06 bits per heavy atom. The van der Waals surface area contributed by atoms with E-state index in [4.69, 9.17) is 4.42 Å². The third-order valence-corrected chi connectivity index (χ3v) is 6.02. The molecule has 2 amide bonds. The number of rotatable bonds is 5. The van der Waals surface area contributed by atoms with Crippen LogP contribution in [0.3, 0.4) is 0 Å². The van der Waals surface area contributed by atoms with Crippen LogP contribution in [-0.4, -0.2) is 27.1 Å². The molecule has 156 valence electrons. The first kappa shape index (κ1) is 20.7. The van der Waals surface area contributed by atoms with Crippen molar-refractivity contribution in [1.29, 1.82) is 0 Å². The number of hydrogen-bond donors (Lipinski definition) is 1. The summed E-state index contributed by atoms with van der Waals surface area (Å²) in [5.41, 5.74) is 3.62. The molecule has 4 rings (SSSR count). The Balaban J connectivity index is 1.58. The lowest BCUT2D eigenvalue weighted by Crippen LogP contribution is -2.27. The van der Waals surface area contributed by atoms with Gasteiger partial charge in [0.1, 0.15) is 11.5 Å². The molecule has 1 N–H and O–H groups in total. The van der Waals surface area contributed by atoms with Gasteiger partial charge in [-0.1, -0.05) is 30.3 Å². The summed E-state index contributed by atoms with van der Waals surface area (Å²) in [6, 6.07) is 15.8. The zero-order chi connectivity index (χ0) is 22.1. The molecule has 6 nitrogen and oxygen atoms in total. The van der Waals surface area contributed by atoms with Crippen molar-refractivity contribution in [2.75, 3.05) is 0 Å². The molecule has 0 saturated carbocycles. The van der Waals surface area contributed by atoms with E-state index in [2.05, 4.69) is 0 Å². The number of thioether (sulfide) groups is 1. The third-order valence-electron chi connectivity index (χ3n) is 5.11. The molecule has 7 heteroatoms. The van der Waals surface area contributed by atoms with Gasteiger partial charge < -0.3 is 9.52 Å². The van der Waals surface area contributed by atoms with Crippen molar-refractivity contribution in [2.24, 2.45) is 0 Å².